The Morgan fingerprint density at radius 3 is 2.68 bits per heavy atom. The number of aromatic nitrogens is 3. The average Bonchev–Trinajstić information content (AvgIpc) is 3.56. The van der Waals surface area contributed by atoms with Gasteiger partial charge in [0.2, 0.25) is 5.88 Å². The summed E-state index contributed by atoms with van der Waals surface area (Å²) in [5.41, 5.74) is 6.13. The summed E-state index contributed by atoms with van der Waals surface area (Å²) in [7, 11) is 0. The van der Waals surface area contributed by atoms with Crippen LogP contribution in [0.1, 0.15) is 35.4 Å². The zero-order valence-electron chi connectivity index (χ0n) is 21.4. The number of ether oxygens (including phenoxy) is 2. The highest BCUT2D eigenvalue weighted by molar-refractivity contribution is 5.76. The molecule has 1 aliphatic rings. The molecule has 3 heterocycles. The molecule has 5 aromatic rings. The lowest BCUT2D eigenvalue weighted by atomic mass is 10.1. The molecule has 1 saturated heterocycles. The van der Waals surface area contributed by atoms with Crippen LogP contribution in [-0.4, -0.2) is 27.2 Å². The fourth-order valence-electron chi connectivity index (χ4n) is 5.12. The summed E-state index contributed by atoms with van der Waals surface area (Å²) in [6.07, 6.45) is 2.87. The van der Waals surface area contributed by atoms with Crippen LogP contribution in [0.3, 0.4) is 0 Å². The van der Waals surface area contributed by atoms with Gasteiger partial charge in [-0.05, 0) is 61.2 Å². The zero-order chi connectivity index (χ0) is 25.9. The maximum atomic E-state index is 15.4. The second-order valence-electron chi connectivity index (χ2n) is 9.89. The first kappa shape index (κ1) is 24.3. The van der Waals surface area contributed by atoms with Gasteiger partial charge in [-0.2, -0.15) is 0 Å². The second kappa shape index (κ2) is 10.8. The van der Waals surface area contributed by atoms with E-state index in [1.54, 1.807) is 24.3 Å². The third-order valence-corrected chi connectivity index (χ3v) is 7.01. The highest BCUT2D eigenvalue weighted by Crippen LogP contribution is 2.27. The molecular formula is C32H30FN3O2. The number of nitrogens with zero attached hydrogens (tertiary/aromatic N) is 3. The summed E-state index contributed by atoms with van der Waals surface area (Å²) in [5.74, 6) is 1.07. The van der Waals surface area contributed by atoms with Gasteiger partial charge in [-0.25, -0.2) is 14.4 Å². The molecule has 3 aromatic carbocycles. The minimum Gasteiger partial charge on any atom is -0.473 e. The maximum Gasteiger partial charge on any atom is 0.214 e. The number of hydrogen-bond acceptors (Lipinski definition) is 4. The molecule has 38 heavy (non-hydrogen) atoms. The first-order valence-electron chi connectivity index (χ1n) is 13.1. The van der Waals surface area contributed by atoms with E-state index in [4.69, 9.17) is 14.5 Å². The van der Waals surface area contributed by atoms with Gasteiger partial charge in [-0.3, -0.25) is 0 Å². The normalized spacial score (nSPS) is 15.3. The first-order valence-corrected chi connectivity index (χ1v) is 13.1. The van der Waals surface area contributed by atoms with E-state index < -0.39 is 0 Å². The van der Waals surface area contributed by atoms with E-state index >= 15 is 4.39 Å². The van der Waals surface area contributed by atoms with E-state index in [0.29, 0.717) is 30.2 Å². The Labute approximate surface area is 221 Å². The standard InChI is InChI=1S/C32H30FN3O2/c1-22-7-4-8-24(17-22)21-38-32-13-5-11-28(35-32)26-15-14-23(18-27(26)33)19-31-34-29-10-2-3-12-30(29)36(31)20-25-9-6-16-37-25/h2-5,7-8,10-15,17-18,25H,6,9,16,19-21H2,1H3. The largest absolute Gasteiger partial charge is 0.473 e. The van der Waals surface area contributed by atoms with Gasteiger partial charge in [0, 0.05) is 24.7 Å². The van der Waals surface area contributed by atoms with Gasteiger partial charge in [-0.15, -0.1) is 0 Å². The fraction of sp³-hybridized carbons (Fsp3) is 0.250. The van der Waals surface area contributed by atoms with Crippen molar-refractivity contribution in [2.75, 3.05) is 6.61 Å². The third-order valence-electron chi connectivity index (χ3n) is 7.01. The Balaban J connectivity index is 1.22. The minimum absolute atomic E-state index is 0.192. The molecule has 1 fully saturated rings. The second-order valence-corrected chi connectivity index (χ2v) is 9.89. The molecule has 5 nitrogen and oxygen atoms in total. The topological polar surface area (TPSA) is 49.2 Å². The van der Waals surface area contributed by atoms with Crippen LogP contribution in [-0.2, 0) is 24.3 Å². The number of para-hydroxylation sites is 2. The Kier molecular flexibility index (Phi) is 6.88. The smallest absolute Gasteiger partial charge is 0.214 e. The Bertz CT molecular complexity index is 1570. The van der Waals surface area contributed by atoms with E-state index in [1.165, 1.54) is 5.56 Å². The molecule has 0 aliphatic carbocycles. The van der Waals surface area contributed by atoms with Crippen LogP contribution < -0.4 is 4.74 Å². The molecule has 192 valence electrons. The number of pyridine rings is 1. The third kappa shape index (κ3) is 5.31. The van der Waals surface area contributed by atoms with Crippen LogP contribution in [0.25, 0.3) is 22.3 Å². The van der Waals surface area contributed by atoms with Crippen molar-refractivity contribution in [3.05, 3.63) is 113 Å². The van der Waals surface area contributed by atoms with Crippen LogP contribution in [0.5, 0.6) is 5.88 Å². The monoisotopic (exact) mass is 507 g/mol. The summed E-state index contributed by atoms with van der Waals surface area (Å²) >= 11 is 0. The van der Waals surface area contributed by atoms with E-state index in [9.17, 15) is 0 Å². The molecule has 1 aliphatic heterocycles. The van der Waals surface area contributed by atoms with E-state index in [-0.39, 0.29) is 11.9 Å². The SMILES string of the molecule is Cc1cccc(COc2cccc(-c3ccc(Cc4nc5ccccc5n4CC4CCCO4)cc3F)n2)c1. The highest BCUT2D eigenvalue weighted by Gasteiger charge is 2.20. The van der Waals surface area contributed by atoms with Gasteiger partial charge in [-0.1, -0.05) is 54.1 Å². The molecule has 0 spiro atoms. The van der Waals surface area contributed by atoms with Gasteiger partial charge in [0.1, 0.15) is 18.2 Å². The number of halogens is 1. The summed E-state index contributed by atoms with van der Waals surface area (Å²) in [6, 6.07) is 27.1. The predicted octanol–water partition coefficient (Wildman–Crippen LogP) is 6.89. The van der Waals surface area contributed by atoms with Crippen molar-refractivity contribution in [1.29, 1.82) is 0 Å². The van der Waals surface area contributed by atoms with E-state index in [1.807, 2.05) is 42.5 Å². The molecule has 0 saturated carbocycles. The van der Waals surface area contributed by atoms with Gasteiger partial charge < -0.3 is 14.0 Å². The van der Waals surface area contributed by atoms with Crippen LogP contribution >= 0.6 is 0 Å². The summed E-state index contributed by atoms with van der Waals surface area (Å²) in [4.78, 5) is 9.44. The number of aryl methyl sites for hydroxylation is 1. The summed E-state index contributed by atoms with van der Waals surface area (Å²) < 4.78 is 29.4. The van der Waals surface area contributed by atoms with Gasteiger partial charge in [0.15, 0.2) is 0 Å². The molecule has 1 unspecified atom stereocenters. The Morgan fingerprint density at radius 2 is 1.84 bits per heavy atom. The lowest BCUT2D eigenvalue weighted by Gasteiger charge is -2.14. The van der Waals surface area contributed by atoms with Crippen molar-refractivity contribution in [2.24, 2.45) is 0 Å². The molecular weight excluding hydrogens is 477 g/mol. The lowest BCUT2D eigenvalue weighted by Crippen LogP contribution is -2.17. The van der Waals surface area contributed by atoms with Gasteiger partial charge in [0.25, 0.3) is 0 Å². The van der Waals surface area contributed by atoms with E-state index in [2.05, 4.69) is 34.7 Å². The minimum atomic E-state index is -0.312. The van der Waals surface area contributed by atoms with Crippen LogP contribution in [0.4, 0.5) is 4.39 Å². The molecule has 0 radical (unpaired) electrons. The number of benzene rings is 3. The van der Waals surface area contributed by atoms with Gasteiger partial charge >= 0.3 is 0 Å². The highest BCUT2D eigenvalue weighted by atomic mass is 19.1. The van der Waals surface area contributed by atoms with Crippen molar-refractivity contribution in [3.8, 4) is 17.1 Å². The Morgan fingerprint density at radius 1 is 0.947 bits per heavy atom. The zero-order valence-corrected chi connectivity index (χ0v) is 21.4. The average molecular weight is 508 g/mol. The van der Waals surface area contributed by atoms with E-state index in [0.717, 1.165) is 54.0 Å². The summed E-state index contributed by atoms with van der Waals surface area (Å²) in [5, 5.41) is 0. The molecule has 0 N–H and O–H groups in total. The maximum absolute atomic E-state index is 15.4. The molecule has 6 rings (SSSR count). The molecule has 2 aromatic heterocycles. The summed E-state index contributed by atoms with van der Waals surface area (Å²) in [6.45, 7) is 4.03. The van der Waals surface area contributed by atoms with Crippen molar-refractivity contribution >= 4 is 11.0 Å². The number of fused-ring (bicyclic) bond motifs is 1. The lowest BCUT2D eigenvalue weighted by molar-refractivity contribution is 0.0973. The van der Waals surface area contributed by atoms with Crippen molar-refractivity contribution < 1.29 is 13.9 Å². The quantitative estimate of drug-likeness (QED) is 0.229. The fourth-order valence-corrected chi connectivity index (χ4v) is 5.12. The van der Waals surface area contributed by atoms with Crippen LogP contribution in [0.2, 0.25) is 0 Å². The van der Waals surface area contributed by atoms with Crippen molar-refractivity contribution in [3.63, 3.8) is 0 Å². The number of imidazole rings is 1. The molecule has 1 atom stereocenters. The Hall–Kier alpha value is -4.03. The van der Waals surface area contributed by atoms with Gasteiger partial charge in [0.05, 0.1) is 29.4 Å². The van der Waals surface area contributed by atoms with Crippen LogP contribution in [0.15, 0.2) is 84.9 Å². The first-order chi connectivity index (χ1) is 18.6. The molecule has 0 bridgehead atoms. The molecule has 0 amide bonds. The molecule has 6 heteroatoms. The number of rotatable bonds is 8. The van der Waals surface area contributed by atoms with Crippen molar-refractivity contribution in [2.45, 2.75) is 45.4 Å². The predicted molar refractivity (Wildman–Crippen MR) is 147 cm³/mol. The van der Waals surface area contributed by atoms with Crippen LogP contribution in [0, 0.1) is 12.7 Å². The number of hydrogen-bond donors (Lipinski definition) is 0. The van der Waals surface area contributed by atoms with Crippen molar-refractivity contribution in [1.82, 2.24) is 14.5 Å².